The van der Waals surface area contributed by atoms with Crippen LogP contribution in [0, 0.1) is 0 Å². The molecule has 0 spiro atoms. The minimum atomic E-state index is -0.364. The fraction of sp³-hybridized carbons (Fsp3) is 0.778. The summed E-state index contributed by atoms with van der Waals surface area (Å²) in [6.07, 6.45) is 6.01. The van der Waals surface area contributed by atoms with Crippen LogP contribution >= 0.6 is 8.15 Å². The van der Waals surface area contributed by atoms with Crippen molar-refractivity contribution in [3.8, 4) is 0 Å². The second-order valence-corrected chi connectivity index (χ2v) is 5.73. The first-order chi connectivity index (χ1) is 6.30. The lowest BCUT2D eigenvalue weighted by Crippen LogP contribution is -2.57. The Labute approximate surface area is 78.9 Å². The van der Waals surface area contributed by atoms with Gasteiger partial charge in [-0.1, -0.05) is 6.08 Å². The predicted octanol–water partition coefficient (Wildman–Crippen LogP) is 1.83. The van der Waals surface area contributed by atoms with E-state index in [1.165, 1.54) is 0 Å². The molecule has 4 aliphatic rings. The van der Waals surface area contributed by atoms with Crippen molar-refractivity contribution in [3.63, 3.8) is 0 Å². The fourth-order valence-electron chi connectivity index (χ4n) is 2.34. The average molecular weight is 200 g/mol. The van der Waals surface area contributed by atoms with E-state index in [1.54, 1.807) is 0 Å². The molecule has 0 aromatic carbocycles. The van der Waals surface area contributed by atoms with Gasteiger partial charge in [0.05, 0.1) is 6.10 Å². The van der Waals surface area contributed by atoms with Crippen LogP contribution in [0.3, 0.4) is 0 Å². The van der Waals surface area contributed by atoms with Gasteiger partial charge in [-0.15, -0.1) is 6.58 Å². The number of hydrogen-bond donors (Lipinski definition) is 0. The van der Waals surface area contributed by atoms with Gasteiger partial charge in [-0.05, 0) is 0 Å². The molecule has 4 atom stereocenters. The van der Waals surface area contributed by atoms with Gasteiger partial charge in [-0.2, -0.15) is 0 Å². The van der Waals surface area contributed by atoms with Crippen molar-refractivity contribution < 1.29 is 14.0 Å². The molecule has 4 unspecified atom stereocenters. The van der Waals surface area contributed by atoms with Crippen LogP contribution in [0.2, 0.25) is 0 Å². The summed E-state index contributed by atoms with van der Waals surface area (Å²) in [5.74, 6) is -0.364. The number of hydrogen-bond acceptors (Lipinski definition) is 3. The van der Waals surface area contributed by atoms with Crippen molar-refractivity contribution in [2.75, 3.05) is 12.3 Å². The smallest absolute Gasteiger partial charge is 0.181 e. The maximum absolute atomic E-state index is 5.94. The van der Waals surface area contributed by atoms with Crippen LogP contribution in [0.25, 0.3) is 0 Å². The van der Waals surface area contributed by atoms with Gasteiger partial charge in [0.2, 0.25) is 0 Å². The second-order valence-electron chi connectivity index (χ2n) is 3.85. The summed E-state index contributed by atoms with van der Waals surface area (Å²) in [7, 11) is -0.270. The Balaban J connectivity index is 1.87. The molecule has 0 aromatic rings. The minimum absolute atomic E-state index is 0.00677. The molecule has 72 valence electrons. The van der Waals surface area contributed by atoms with Crippen molar-refractivity contribution in [2.45, 2.75) is 31.0 Å². The van der Waals surface area contributed by atoms with Crippen LogP contribution in [0.15, 0.2) is 12.7 Å². The van der Waals surface area contributed by atoms with E-state index in [4.69, 9.17) is 14.0 Å². The number of ether oxygens (including phenoxy) is 2. The third-order valence-electron chi connectivity index (χ3n) is 2.74. The average Bonchev–Trinajstić information content (AvgIpc) is 2.00. The normalized spacial score (nSPS) is 52.5. The molecule has 0 amide bonds. The first-order valence-electron chi connectivity index (χ1n) is 4.68. The quantitative estimate of drug-likeness (QED) is 0.502. The maximum Gasteiger partial charge on any atom is 0.181 e. The first kappa shape index (κ1) is 8.37. The zero-order valence-electron chi connectivity index (χ0n) is 7.44. The highest BCUT2D eigenvalue weighted by Gasteiger charge is 2.53. The van der Waals surface area contributed by atoms with Crippen molar-refractivity contribution in [2.24, 2.45) is 0 Å². The summed E-state index contributed by atoms with van der Waals surface area (Å²) in [6, 6.07) is 0. The van der Waals surface area contributed by atoms with E-state index < -0.39 is 0 Å². The Morgan fingerprint density at radius 2 is 2.46 bits per heavy atom. The van der Waals surface area contributed by atoms with Gasteiger partial charge < -0.3 is 14.0 Å². The van der Waals surface area contributed by atoms with Gasteiger partial charge >= 0.3 is 0 Å². The molecule has 0 aliphatic carbocycles. The molecular weight excluding hydrogens is 187 g/mol. The summed E-state index contributed by atoms with van der Waals surface area (Å²) in [6.45, 7) is 3.74. The molecule has 0 radical (unpaired) electrons. The highest BCUT2D eigenvalue weighted by Crippen LogP contribution is 2.58. The van der Waals surface area contributed by atoms with Gasteiger partial charge in [0, 0.05) is 33.3 Å². The molecule has 0 aromatic heterocycles. The molecule has 13 heavy (non-hydrogen) atoms. The van der Waals surface area contributed by atoms with Crippen LogP contribution in [0.1, 0.15) is 12.8 Å². The Bertz CT molecular complexity index is 206. The van der Waals surface area contributed by atoms with Crippen molar-refractivity contribution in [1.82, 2.24) is 0 Å². The van der Waals surface area contributed by atoms with Crippen molar-refractivity contribution >= 4 is 8.15 Å². The molecule has 4 heteroatoms. The summed E-state index contributed by atoms with van der Waals surface area (Å²) in [5.41, 5.74) is 0. The molecule has 4 bridgehead atoms. The zero-order valence-corrected chi connectivity index (χ0v) is 8.33. The van der Waals surface area contributed by atoms with Crippen molar-refractivity contribution in [3.05, 3.63) is 12.7 Å². The fourth-order valence-corrected chi connectivity index (χ4v) is 4.46. The Morgan fingerprint density at radius 3 is 3.15 bits per heavy atom. The molecule has 0 N–H and O–H groups in total. The molecule has 3 nitrogen and oxygen atoms in total. The molecular formula is C9H13O3P. The second kappa shape index (κ2) is 2.77. The third kappa shape index (κ3) is 1.26. The van der Waals surface area contributed by atoms with Gasteiger partial charge in [-0.3, -0.25) is 0 Å². The monoisotopic (exact) mass is 200 g/mol. The Morgan fingerprint density at radius 1 is 1.54 bits per heavy atom. The molecule has 4 saturated heterocycles. The summed E-state index contributed by atoms with van der Waals surface area (Å²) in [5, 5.41) is 0. The van der Waals surface area contributed by atoms with Gasteiger partial charge in [-0.25, -0.2) is 0 Å². The lowest BCUT2D eigenvalue weighted by atomic mass is 10.0. The first-order valence-corrected chi connectivity index (χ1v) is 6.31. The molecule has 4 aliphatic heterocycles. The predicted molar refractivity (Wildman–Crippen MR) is 49.6 cm³/mol. The van der Waals surface area contributed by atoms with Gasteiger partial charge in [0.15, 0.2) is 12.1 Å². The van der Waals surface area contributed by atoms with Crippen molar-refractivity contribution in [1.29, 1.82) is 0 Å². The number of rotatable bonds is 2. The molecule has 0 saturated carbocycles. The van der Waals surface area contributed by atoms with E-state index in [1.807, 2.05) is 6.08 Å². The Kier molecular flexibility index (Phi) is 1.78. The maximum atomic E-state index is 5.94. The largest absolute Gasteiger partial charge is 0.348 e. The summed E-state index contributed by atoms with van der Waals surface area (Å²) < 4.78 is 17.4. The van der Waals surface area contributed by atoms with Crippen LogP contribution in [0.5, 0.6) is 0 Å². The van der Waals surface area contributed by atoms with E-state index in [0.29, 0.717) is 6.10 Å². The van der Waals surface area contributed by atoms with E-state index in [-0.39, 0.29) is 20.2 Å². The molecule has 4 rings (SSSR count). The van der Waals surface area contributed by atoms with Gasteiger partial charge in [0.25, 0.3) is 0 Å². The lowest BCUT2D eigenvalue weighted by Gasteiger charge is -2.55. The minimum Gasteiger partial charge on any atom is -0.348 e. The topological polar surface area (TPSA) is 27.7 Å². The van der Waals surface area contributed by atoms with Gasteiger partial charge in [0.1, 0.15) is 0 Å². The SMILES string of the molecule is C=CCC12CC3CP(CC(O3)O1)O2. The van der Waals surface area contributed by atoms with E-state index in [0.717, 1.165) is 25.2 Å². The highest BCUT2D eigenvalue weighted by atomic mass is 31.1. The van der Waals surface area contributed by atoms with Crippen LogP contribution < -0.4 is 0 Å². The van der Waals surface area contributed by atoms with E-state index in [9.17, 15) is 0 Å². The summed E-state index contributed by atoms with van der Waals surface area (Å²) >= 11 is 0. The van der Waals surface area contributed by atoms with E-state index >= 15 is 0 Å². The summed E-state index contributed by atoms with van der Waals surface area (Å²) in [4.78, 5) is 0. The molecule has 4 fully saturated rings. The zero-order chi connectivity index (χ0) is 8.89. The third-order valence-corrected chi connectivity index (χ3v) is 4.85. The molecule has 4 heterocycles. The van der Waals surface area contributed by atoms with Crippen LogP contribution in [0.4, 0.5) is 0 Å². The van der Waals surface area contributed by atoms with E-state index in [2.05, 4.69) is 6.58 Å². The standard InChI is InChI=1S/C9H13O3P/c1-2-3-9-4-7-5-13(12-9)6-8(10-7)11-9/h2,7-8H,1,3-6H2. The van der Waals surface area contributed by atoms with Crippen LogP contribution in [-0.2, 0) is 14.0 Å². The van der Waals surface area contributed by atoms with Crippen LogP contribution in [-0.4, -0.2) is 30.5 Å². The highest BCUT2D eigenvalue weighted by molar-refractivity contribution is 7.52. The Hall–Kier alpha value is 0.0500. The lowest BCUT2D eigenvalue weighted by molar-refractivity contribution is -0.347.